The topological polar surface area (TPSA) is 98.4 Å². The third-order valence-corrected chi connectivity index (χ3v) is 5.84. The number of ether oxygens (including phenoxy) is 1. The number of nitrogens with zero attached hydrogens (tertiary/aromatic N) is 4. The first kappa shape index (κ1) is 15.9. The molecule has 0 N–H and O–H groups in total. The largest absolute Gasteiger partial charge is 0.472 e. The van der Waals surface area contributed by atoms with Crippen molar-refractivity contribution in [3.63, 3.8) is 0 Å². The smallest absolute Gasteiger partial charge is 0.248 e. The van der Waals surface area contributed by atoms with Crippen molar-refractivity contribution in [3.05, 3.63) is 30.0 Å². The van der Waals surface area contributed by atoms with Crippen LogP contribution >= 0.6 is 0 Å². The molecule has 2 aromatic heterocycles. The molecule has 0 radical (unpaired) electrons. The number of hydrogen-bond donors (Lipinski definition) is 0. The number of piperidine rings is 1. The molecule has 8 nitrogen and oxygen atoms in total. The molecule has 0 spiro atoms. The molecule has 1 aliphatic heterocycles. The van der Waals surface area contributed by atoms with Gasteiger partial charge in [0.05, 0.1) is 12.7 Å². The first-order chi connectivity index (χ1) is 11.0. The first-order valence-corrected chi connectivity index (χ1v) is 8.78. The second kappa shape index (κ2) is 6.25. The summed E-state index contributed by atoms with van der Waals surface area (Å²) in [5, 5.41) is 3.73. The summed E-state index contributed by atoms with van der Waals surface area (Å²) in [7, 11) is -3.64. The van der Waals surface area contributed by atoms with Crippen LogP contribution in [0.15, 0.2) is 28.0 Å². The number of aryl methyl sites for hydroxylation is 2. The lowest BCUT2D eigenvalue weighted by molar-refractivity contribution is 0.124. The fourth-order valence-electron chi connectivity index (χ4n) is 2.71. The van der Waals surface area contributed by atoms with E-state index in [4.69, 9.17) is 9.26 Å². The lowest BCUT2D eigenvalue weighted by Crippen LogP contribution is -2.44. The third-order valence-electron chi connectivity index (χ3n) is 3.73. The number of sulfonamides is 1. The standard InChI is InChI=1S/C14H18N4O4S/c1-10-14(11(2)22-17-10)23(19,20)18-7-3-4-12(9-18)21-13-8-15-5-6-16-13/h5-6,8,12H,3-4,7,9H2,1-2H3/t12-/m0/s1. The summed E-state index contributed by atoms with van der Waals surface area (Å²) in [4.78, 5) is 8.15. The summed E-state index contributed by atoms with van der Waals surface area (Å²) in [5.74, 6) is 0.702. The monoisotopic (exact) mass is 338 g/mol. The van der Waals surface area contributed by atoms with Gasteiger partial charge in [0, 0.05) is 18.9 Å². The van der Waals surface area contributed by atoms with Gasteiger partial charge in [0.25, 0.3) is 0 Å². The van der Waals surface area contributed by atoms with Crippen LogP contribution in [-0.2, 0) is 10.0 Å². The van der Waals surface area contributed by atoms with Gasteiger partial charge in [-0.3, -0.25) is 4.98 Å². The minimum absolute atomic E-state index is 0.151. The maximum atomic E-state index is 12.8. The van der Waals surface area contributed by atoms with Crippen LogP contribution in [0.5, 0.6) is 5.88 Å². The molecule has 1 fully saturated rings. The SMILES string of the molecule is Cc1noc(C)c1S(=O)(=O)N1CCC[C@H](Oc2cnccn2)C1. The Morgan fingerprint density at radius 1 is 1.35 bits per heavy atom. The predicted octanol–water partition coefficient (Wildman–Crippen LogP) is 1.31. The number of rotatable bonds is 4. The van der Waals surface area contributed by atoms with E-state index in [1.807, 2.05) is 0 Å². The van der Waals surface area contributed by atoms with Gasteiger partial charge in [-0.1, -0.05) is 5.16 Å². The summed E-state index contributed by atoms with van der Waals surface area (Å²) >= 11 is 0. The Morgan fingerprint density at radius 3 is 2.83 bits per heavy atom. The Balaban J connectivity index is 1.78. The van der Waals surface area contributed by atoms with Crippen molar-refractivity contribution in [2.45, 2.75) is 37.7 Å². The van der Waals surface area contributed by atoms with Crippen LogP contribution in [0, 0.1) is 13.8 Å². The lowest BCUT2D eigenvalue weighted by Gasteiger charge is -2.31. The predicted molar refractivity (Wildman–Crippen MR) is 80.4 cm³/mol. The number of aromatic nitrogens is 3. The molecule has 23 heavy (non-hydrogen) atoms. The van der Waals surface area contributed by atoms with E-state index >= 15 is 0 Å². The van der Waals surface area contributed by atoms with Crippen molar-refractivity contribution in [1.29, 1.82) is 0 Å². The van der Waals surface area contributed by atoms with Crippen LogP contribution in [0.3, 0.4) is 0 Å². The van der Waals surface area contributed by atoms with Gasteiger partial charge >= 0.3 is 0 Å². The highest BCUT2D eigenvalue weighted by Gasteiger charge is 2.35. The van der Waals surface area contributed by atoms with Crippen LogP contribution < -0.4 is 4.74 Å². The van der Waals surface area contributed by atoms with Gasteiger partial charge < -0.3 is 9.26 Å². The molecular weight excluding hydrogens is 320 g/mol. The summed E-state index contributed by atoms with van der Waals surface area (Å²) in [5.41, 5.74) is 0.375. The molecule has 0 unspecified atom stereocenters. The molecule has 0 aliphatic carbocycles. The minimum Gasteiger partial charge on any atom is -0.472 e. The summed E-state index contributed by atoms with van der Waals surface area (Å²) < 4.78 is 37.8. The number of hydrogen-bond acceptors (Lipinski definition) is 7. The highest BCUT2D eigenvalue weighted by molar-refractivity contribution is 7.89. The van der Waals surface area contributed by atoms with Gasteiger partial charge in [-0.25, -0.2) is 13.4 Å². The summed E-state index contributed by atoms with van der Waals surface area (Å²) in [6.07, 6.45) is 5.84. The first-order valence-electron chi connectivity index (χ1n) is 7.34. The molecule has 124 valence electrons. The van der Waals surface area contributed by atoms with Gasteiger partial charge in [0.2, 0.25) is 15.9 Å². The quantitative estimate of drug-likeness (QED) is 0.829. The zero-order valence-electron chi connectivity index (χ0n) is 13.0. The molecule has 0 aromatic carbocycles. The molecule has 0 bridgehead atoms. The molecule has 2 aromatic rings. The van der Waals surface area contributed by atoms with Crippen molar-refractivity contribution in [3.8, 4) is 5.88 Å². The maximum absolute atomic E-state index is 12.8. The van der Waals surface area contributed by atoms with E-state index < -0.39 is 10.0 Å². The maximum Gasteiger partial charge on any atom is 0.248 e. The molecule has 3 rings (SSSR count). The lowest BCUT2D eigenvalue weighted by atomic mass is 10.1. The van der Waals surface area contributed by atoms with E-state index in [0.29, 0.717) is 30.3 Å². The fraction of sp³-hybridized carbons (Fsp3) is 0.500. The third kappa shape index (κ3) is 3.20. The van der Waals surface area contributed by atoms with E-state index in [1.165, 1.54) is 16.7 Å². The van der Waals surface area contributed by atoms with E-state index in [1.54, 1.807) is 20.0 Å². The second-order valence-corrected chi connectivity index (χ2v) is 7.32. The van der Waals surface area contributed by atoms with Gasteiger partial charge in [-0.05, 0) is 26.7 Å². The van der Waals surface area contributed by atoms with E-state index in [2.05, 4.69) is 15.1 Å². The van der Waals surface area contributed by atoms with Gasteiger partial charge in [0.1, 0.15) is 16.7 Å². The second-order valence-electron chi connectivity index (χ2n) is 5.44. The van der Waals surface area contributed by atoms with Crippen molar-refractivity contribution in [2.75, 3.05) is 13.1 Å². The van der Waals surface area contributed by atoms with Crippen LogP contribution in [0.25, 0.3) is 0 Å². The highest BCUT2D eigenvalue weighted by atomic mass is 32.2. The van der Waals surface area contributed by atoms with Crippen LogP contribution in [0.1, 0.15) is 24.3 Å². The summed E-state index contributed by atoms with van der Waals surface area (Å²) in [6, 6.07) is 0. The van der Waals surface area contributed by atoms with Gasteiger partial charge in [0.15, 0.2) is 5.76 Å². The molecule has 1 aliphatic rings. The van der Waals surface area contributed by atoms with Crippen molar-refractivity contribution < 1.29 is 17.7 Å². The highest BCUT2D eigenvalue weighted by Crippen LogP contribution is 2.26. The van der Waals surface area contributed by atoms with Gasteiger partial charge in [-0.2, -0.15) is 4.31 Å². The Labute approximate surface area is 134 Å². The van der Waals surface area contributed by atoms with Crippen molar-refractivity contribution >= 4 is 10.0 Å². The minimum atomic E-state index is -3.64. The Morgan fingerprint density at radius 2 is 2.17 bits per heavy atom. The molecule has 0 saturated carbocycles. The summed E-state index contributed by atoms with van der Waals surface area (Å²) in [6.45, 7) is 3.95. The zero-order chi connectivity index (χ0) is 16.4. The molecule has 9 heteroatoms. The Kier molecular flexibility index (Phi) is 4.31. The molecular formula is C14H18N4O4S. The van der Waals surface area contributed by atoms with E-state index in [9.17, 15) is 8.42 Å². The van der Waals surface area contributed by atoms with Crippen LogP contribution in [-0.4, -0.2) is 47.0 Å². The average molecular weight is 338 g/mol. The van der Waals surface area contributed by atoms with Crippen LogP contribution in [0.2, 0.25) is 0 Å². The van der Waals surface area contributed by atoms with Crippen molar-refractivity contribution in [2.24, 2.45) is 0 Å². The van der Waals surface area contributed by atoms with Crippen molar-refractivity contribution in [1.82, 2.24) is 19.4 Å². The van der Waals surface area contributed by atoms with Crippen LogP contribution in [0.4, 0.5) is 0 Å². The van der Waals surface area contributed by atoms with E-state index in [-0.39, 0.29) is 17.5 Å². The zero-order valence-corrected chi connectivity index (χ0v) is 13.8. The fourth-order valence-corrected chi connectivity index (χ4v) is 4.51. The molecule has 0 amide bonds. The Bertz CT molecular complexity index is 756. The normalized spacial score (nSPS) is 19.7. The van der Waals surface area contributed by atoms with E-state index in [0.717, 1.165) is 6.42 Å². The molecule has 3 heterocycles. The Hall–Kier alpha value is -2.00. The average Bonchev–Trinajstić information content (AvgIpc) is 2.88. The molecule has 1 saturated heterocycles. The molecule has 1 atom stereocenters. The van der Waals surface area contributed by atoms with Gasteiger partial charge in [-0.15, -0.1) is 0 Å².